The Hall–Kier alpha value is -3.50. The lowest BCUT2D eigenvalue weighted by atomic mass is 10.0. The normalized spacial score (nSPS) is 22.3. The minimum atomic E-state index is -5.41. The average molecular weight is 624 g/mol. The Morgan fingerprint density at radius 3 is 2.52 bits per heavy atom. The number of aromatic nitrogens is 4. The van der Waals surface area contributed by atoms with Crippen LogP contribution in [0.2, 0.25) is 0 Å². The molecule has 5 rings (SSSR count). The van der Waals surface area contributed by atoms with Gasteiger partial charge in [-0.05, 0) is 17.5 Å². The van der Waals surface area contributed by atoms with Crippen LogP contribution in [0, 0.1) is 0 Å². The van der Waals surface area contributed by atoms with Gasteiger partial charge in [-0.2, -0.15) is 4.31 Å². The molecule has 4 aromatic rings. The summed E-state index contributed by atoms with van der Waals surface area (Å²) in [6, 6.07) is 10.4. The maximum absolute atomic E-state index is 13.5. The number of benzene rings is 2. The van der Waals surface area contributed by atoms with Crippen molar-refractivity contribution in [3.05, 3.63) is 54.6 Å². The van der Waals surface area contributed by atoms with Crippen LogP contribution < -0.4 is 10.6 Å². The fourth-order valence-corrected chi connectivity index (χ4v) is 6.26. The number of esters is 1. The van der Waals surface area contributed by atoms with Gasteiger partial charge in [0.05, 0.1) is 18.5 Å². The molecule has 0 spiro atoms. The van der Waals surface area contributed by atoms with E-state index in [-0.39, 0.29) is 22.5 Å². The lowest BCUT2D eigenvalue weighted by Gasteiger charge is -2.22. The van der Waals surface area contributed by atoms with E-state index in [2.05, 4.69) is 19.3 Å². The standard InChI is InChI=1S/C23H26N6O11P2/c1-28(2)15-8-4-5-12-13(15)6-3-7-14(12)23(31)39-19-16(9-37-42(35,36)40-41(32,33)34)38-22(18(19)30)29-11-27-17-20(24)25-10-26-21(17)29/h3-8,10-11,16,18-19,22,30H,9H2,1-2H3,(H,35,36)(H2,24,25,26)(H2,32,33,34)/t16-,18-,19-,22-/m1/s1. The summed E-state index contributed by atoms with van der Waals surface area (Å²) in [5, 5.41) is 12.6. The Morgan fingerprint density at radius 1 is 1.10 bits per heavy atom. The zero-order valence-corrected chi connectivity index (χ0v) is 23.8. The maximum Gasteiger partial charge on any atom is 0.481 e. The van der Waals surface area contributed by atoms with Gasteiger partial charge >= 0.3 is 21.6 Å². The molecule has 1 fully saturated rings. The summed E-state index contributed by atoms with van der Waals surface area (Å²) in [6.07, 6.45) is -3.44. The summed E-state index contributed by atoms with van der Waals surface area (Å²) in [5.74, 6) is -0.798. The van der Waals surface area contributed by atoms with E-state index in [4.69, 9.17) is 29.5 Å². The van der Waals surface area contributed by atoms with Gasteiger partial charge in [0.2, 0.25) is 0 Å². The lowest BCUT2D eigenvalue weighted by molar-refractivity contribution is -0.0520. The van der Waals surface area contributed by atoms with Gasteiger partial charge in [0.25, 0.3) is 0 Å². The predicted molar refractivity (Wildman–Crippen MR) is 146 cm³/mol. The molecule has 3 heterocycles. The van der Waals surface area contributed by atoms with Crippen LogP contribution in [0.5, 0.6) is 0 Å². The molecule has 0 bridgehead atoms. The zero-order chi connectivity index (χ0) is 30.4. The van der Waals surface area contributed by atoms with Gasteiger partial charge in [-0.3, -0.25) is 9.09 Å². The fraction of sp³-hybridized carbons (Fsp3) is 0.304. The first-order chi connectivity index (χ1) is 19.8. The van der Waals surface area contributed by atoms with Crippen LogP contribution >= 0.6 is 15.6 Å². The molecule has 1 aliphatic heterocycles. The molecule has 1 unspecified atom stereocenters. The topological polar surface area (TPSA) is 242 Å². The summed E-state index contributed by atoms with van der Waals surface area (Å²) < 4.78 is 44.6. The number of hydrogen-bond donors (Lipinski definition) is 5. The Labute approximate surface area is 237 Å². The van der Waals surface area contributed by atoms with Crippen LogP contribution in [0.15, 0.2) is 49.1 Å². The molecule has 19 heteroatoms. The maximum atomic E-state index is 13.5. The number of nitrogens with two attached hydrogens (primary N) is 1. The van der Waals surface area contributed by atoms with Crippen LogP contribution in [0.4, 0.5) is 11.5 Å². The first kappa shape index (κ1) is 30.0. The summed E-state index contributed by atoms with van der Waals surface area (Å²) in [5.41, 5.74) is 7.22. The van der Waals surface area contributed by atoms with E-state index in [1.54, 1.807) is 18.2 Å². The summed E-state index contributed by atoms with van der Waals surface area (Å²) in [7, 11) is -7.01. The second-order valence-electron chi connectivity index (χ2n) is 9.42. The molecule has 2 aromatic heterocycles. The largest absolute Gasteiger partial charge is 0.481 e. The van der Waals surface area contributed by atoms with Crippen molar-refractivity contribution >= 4 is 55.1 Å². The van der Waals surface area contributed by atoms with Crippen LogP contribution in [-0.4, -0.2) is 84.3 Å². The van der Waals surface area contributed by atoms with Crippen molar-refractivity contribution in [2.24, 2.45) is 0 Å². The van der Waals surface area contributed by atoms with E-state index in [9.17, 15) is 23.9 Å². The van der Waals surface area contributed by atoms with E-state index >= 15 is 0 Å². The van der Waals surface area contributed by atoms with Crippen molar-refractivity contribution in [3.8, 4) is 0 Å². The van der Waals surface area contributed by atoms with Crippen molar-refractivity contribution in [1.29, 1.82) is 0 Å². The van der Waals surface area contributed by atoms with Crippen molar-refractivity contribution < 1.29 is 52.0 Å². The number of ether oxygens (including phenoxy) is 2. The predicted octanol–water partition coefficient (Wildman–Crippen LogP) is 1.34. The highest BCUT2D eigenvalue weighted by molar-refractivity contribution is 7.60. The van der Waals surface area contributed by atoms with Gasteiger partial charge in [-0.25, -0.2) is 28.9 Å². The van der Waals surface area contributed by atoms with Crippen LogP contribution in [0.1, 0.15) is 16.6 Å². The molecule has 0 saturated carbocycles. The third-order valence-corrected chi connectivity index (χ3v) is 8.58. The SMILES string of the molecule is CN(C)c1cccc2c(C(=O)O[C@H]3[C@@H](O)[C@H](n4cnc5c(N)ncnc54)O[C@@H]3COP(=O)(O)OP(=O)(O)O)cccc12. The minimum absolute atomic E-state index is 0.0537. The Kier molecular flexibility index (Phi) is 8.06. The Bertz CT molecular complexity index is 1740. The molecule has 5 atom stereocenters. The molecule has 2 aromatic carbocycles. The number of aliphatic hydroxyl groups is 1. The molecule has 0 aliphatic carbocycles. The van der Waals surface area contributed by atoms with Gasteiger partial charge in [-0.1, -0.05) is 24.3 Å². The highest BCUT2D eigenvalue weighted by atomic mass is 31.3. The van der Waals surface area contributed by atoms with Gasteiger partial charge in [0.1, 0.15) is 24.1 Å². The van der Waals surface area contributed by atoms with Crippen LogP contribution in [0.25, 0.3) is 21.9 Å². The Morgan fingerprint density at radius 2 is 1.81 bits per heavy atom. The van der Waals surface area contributed by atoms with Crippen molar-refractivity contribution in [3.63, 3.8) is 0 Å². The van der Waals surface area contributed by atoms with Gasteiger partial charge in [0.15, 0.2) is 23.8 Å². The first-order valence-electron chi connectivity index (χ1n) is 12.2. The van der Waals surface area contributed by atoms with Gasteiger partial charge < -0.3 is 39.9 Å². The molecule has 0 radical (unpaired) electrons. The average Bonchev–Trinajstić information content (AvgIpc) is 3.47. The van der Waals surface area contributed by atoms with Crippen LogP contribution in [-0.2, 0) is 27.4 Å². The third kappa shape index (κ3) is 6.01. The fourth-order valence-electron chi connectivity index (χ4n) is 4.66. The highest BCUT2D eigenvalue weighted by Gasteiger charge is 2.49. The van der Waals surface area contributed by atoms with E-state index in [1.807, 2.05) is 31.1 Å². The molecule has 42 heavy (non-hydrogen) atoms. The number of aliphatic hydroxyl groups excluding tert-OH is 1. The highest BCUT2D eigenvalue weighted by Crippen LogP contribution is 2.57. The lowest BCUT2D eigenvalue weighted by Crippen LogP contribution is -2.38. The molecular weight excluding hydrogens is 598 g/mol. The number of anilines is 2. The number of carbonyl (C=O) groups excluding carboxylic acids is 1. The van der Waals surface area contributed by atoms with E-state index < -0.39 is 52.8 Å². The van der Waals surface area contributed by atoms with Gasteiger partial charge in [-0.15, -0.1) is 0 Å². The number of rotatable bonds is 9. The molecule has 17 nitrogen and oxygen atoms in total. The third-order valence-electron chi connectivity index (χ3n) is 6.43. The van der Waals surface area contributed by atoms with Gasteiger partial charge in [0, 0.05) is 25.2 Å². The van der Waals surface area contributed by atoms with E-state index in [0.717, 1.165) is 11.1 Å². The minimum Gasteiger partial charge on any atom is -0.453 e. The van der Waals surface area contributed by atoms with E-state index in [0.29, 0.717) is 5.39 Å². The number of fused-ring (bicyclic) bond motifs is 2. The molecule has 1 aliphatic rings. The summed E-state index contributed by atoms with van der Waals surface area (Å²) in [4.78, 5) is 55.1. The monoisotopic (exact) mass is 624 g/mol. The first-order valence-corrected chi connectivity index (χ1v) is 15.2. The quantitative estimate of drug-likeness (QED) is 0.130. The number of nitrogens with zero attached hydrogens (tertiary/aromatic N) is 5. The summed E-state index contributed by atoms with van der Waals surface area (Å²) in [6.45, 7) is -0.886. The number of phosphoric ester groups is 1. The van der Waals surface area contributed by atoms with Crippen LogP contribution in [0.3, 0.4) is 0 Å². The molecule has 0 amide bonds. The molecule has 224 valence electrons. The zero-order valence-electron chi connectivity index (χ0n) is 22.0. The second-order valence-corrected chi connectivity index (χ2v) is 12.2. The van der Waals surface area contributed by atoms with Crippen molar-refractivity contribution in [2.75, 3.05) is 31.3 Å². The Balaban J connectivity index is 1.47. The number of carbonyl (C=O) groups is 1. The number of phosphoric acid groups is 2. The number of nitrogen functional groups attached to an aromatic ring is 1. The molecular formula is C23H26N6O11P2. The second kappa shape index (κ2) is 11.3. The number of hydrogen-bond acceptors (Lipinski definition) is 13. The van der Waals surface area contributed by atoms with Crippen molar-refractivity contribution in [1.82, 2.24) is 19.5 Å². The molecule has 1 saturated heterocycles. The smallest absolute Gasteiger partial charge is 0.453 e. The molecule has 6 N–H and O–H groups in total. The van der Waals surface area contributed by atoms with E-state index in [1.165, 1.54) is 23.3 Å². The summed E-state index contributed by atoms with van der Waals surface area (Å²) >= 11 is 0. The number of imidazole rings is 1. The van der Waals surface area contributed by atoms with Crippen molar-refractivity contribution in [2.45, 2.75) is 24.5 Å².